The molecule has 0 saturated carbocycles. The molecular formula is C11H14O2S. The van der Waals surface area contributed by atoms with Crippen LogP contribution in [0.3, 0.4) is 0 Å². The smallest absolute Gasteiger partial charge is 0.190 e. The molecule has 0 aliphatic rings. The molecule has 0 fully saturated rings. The van der Waals surface area contributed by atoms with Crippen LogP contribution in [-0.2, 0) is 4.79 Å². The van der Waals surface area contributed by atoms with E-state index in [0.29, 0.717) is 0 Å². The van der Waals surface area contributed by atoms with Crippen LogP contribution in [0.4, 0.5) is 0 Å². The Morgan fingerprint density at radius 2 is 1.79 bits per heavy atom. The predicted octanol–water partition coefficient (Wildman–Crippen LogP) is 2.95. The summed E-state index contributed by atoms with van der Waals surface area (Å²) in [6, 6.07) is 3.94. The van der Waals surface area contributed by atoms with E-state index in [-0.39, 0.29) is 5.12 Å². The van der Waals surface area contributed by atoms with Gasteiger partial charge in [0.25, 0.3) is 0 Å². The van der Waals surface area contributed by atoms with Gasteiger partial charge in [-0.1, -0.05) is 11.8 Å². The zero-order chi connectivity index (χ0) is 10.7. The van der Waals surface area contributed by atoms with E-state index in [1.54, 1.807) is 14.0 Å². The van der Waals surface area contributed by atoms with Crippen molar-refractivity contribution in [2.75, 3.05) is 7.11 Å². The first-order valence-electron chi connectivity index (χ1n) is 4.38. The molecule has 1 aromatic carbocycles. The van der Waals surface area contributed by atoms with Crippen LogP contribution in [0.2, 0.25) is 0 Å². The molecule has 0 unspecified atom stereocenters. The number of rotatable bonds is 2. The minimum Gasteiger partial charge on any atom is -0.496 e. The summed E-state index contributed by atoms with van der Waals surface area (Å²) in [7, 11) is 1.66. The molecule has 0 aliphatic carbocycles. The Morgan fingerprint density at radius 3 is 2.14 bits per heavy atom. The molecular weight excluding hydrogens is 196 g/mol. The lowest BCUT2D eigenvalue weighted by molar-refractivity contribution is -0.109. The van der Waals surface area contributed by atoms with Crippen molar-refractivity contribution in [3.05, 3.63) is 23.3 Å². The van der Waals surface area contributed by atoms with Crippen molar-refractivity contribution in [2.24, 2.45) is 0 Å². The van der Waals surface area contributed by atoms with Crippen molar-refractivity contribution >= 4 is 16.9 Å². The molecule has 1 rings (SSSR count). The highest BCUT2D eigenvalue weighted by atomic mass is 32.2. The van der Waals surface area contributed by atoms with Gasteiger partial charge in [-0.05, 0) is 37.1 Å². The molecule has 76 valence electrons. The quantitative estimate of drug-likeness (QED) is 0.702. The van der Waals surface area contributed by atoms with Crippen LogP contribution >= 0.6 is 11.8 Å². The number of benzene rings is 1. The number of ether oxygens (including phenoxy) is 1. The summed E-state index contributed by atoms with van der Waals surface area (Å²) in [6.45, 7) is 5.53. The Bertz CT molecular complexity index is 335. The van der Waals surface area contributed by atoms with Gasteiger partial charge in [-0.2, -0.15) is 0 Å². The monoisotopic (exact) mass is 210 g/mol. The van der Waals surface area contributed by atoms with E-state index in [4.69, 9.17) is 4.74 Å². The second-order valence-electron chi connectivity index (χ2n) is 3.18. The van der Waals surface area contributed by atoms with Crippen molar-refractivity contribution in [3.8, 4) is 5.75 Å². The fraction of sp³-hybridized carbons (Fsp3) is 0.364. The molecule has 1 aromatic rings. The van der Waals surface area contributed by atoms with E-state index in [1.807, 2.05) is 26.0 Å². The molecule has 0 heterocycles. The lowest BCUT2D eigenvalue weighted by Crippen LogP contribution is -1.92. The van der Waals surface area contributed by atoms with E-state index in [2.05, 4.69) is 0 Å². The molecule has 0 aromatic heterocycles. The van der Waals surface area contributed by atoms with Gasteiger partial charge in [0, 0.05) is 11.8 Å². The Balaban J connectivity index is 3.07. The van der Waals surface area contributed by atoms with E-state index in [1.165, 1.54) is 11.8 Å². The van der Waals surface area contributed by atoms with Crippen LogP contribution in [-0.4, -0.2) is 12.2 Å². The van der Waals surface area contributed by atoms with Crippen molar-refractivity contribution < 1.29 is 9.53 Å². The van der Waals surface area contributed by atoms with Gasteiger partial charge in [0.15, 0.2) is 5.12 Å². The summed E-state index contributed by atoms with van der Waals surface area (Å²) in [4.78, 5) is 11.9. The van der Waals surface area contributed by atoms with Crippen molar-refractivity contribution in [1.82, 2.24) is 0 Å². The average molecular weight is 210 g/mol. The predicted molar refractivity (Wildman–Crippen MR) is 59.0 cm³/mol. The van der Waals surface area contributed by atoms with E-state index >= 15 is 0 Å². The normalized spacial score (nSPS) is 10.0. The molecule has 0 aliphatic heterocycles. The summed E-state index contributed by atoms with van der Waals surface area (Å²) in [5.74, 6) is 0.901. The van der Waals surface area contributed by atoms with Crippen molar-refractivity contribution in [2.45, 2.75) is 25.7 Å². The van der Waals surface area contributed by atoms with Crippen LogP contribution < -0.4 is 4.74 Å². The standard InChI is InChI=1S/C11H14O2S/c1-7-5-10(14-9(3)12)6-8(2)11(7)13-4/h5-6H,1-4H3. The Labute approximate surface area is 88.7 Å². The van der Waals surface area contributed by atoms with Crippen LogP contribution in [0.1, 0.15) is 18.1 Å². The third kappa shape index (κ3) is 2.51. The summed E-state index contributed by atoms with van der Waals surface area (Å²) < 4.78 is 5.24. The van der Waals surface area contributed by atoms with Crippen LogP contribution in [0.15, 0.2) is 17.0 Å². The number of hydrogen-bond acceptors (Lipinski definition) is 3. The van der Waals surface area contributed by atoms with E-state index < -0.39 is 0 Å². The van der Waals surface area contributed by atoms with Gasteiger partial charge in [0.05, 0.1) is 7.11 Å². The molecule has 0 radical (unpaired) electrons. The molecule has 0 N–H and O–H groups in total. The first kappa shape index (κ1) is 11.1. The first-order valence-corrected chi connectivity index (χ1v) is 5.20. The number of carbonyl (C=O) groups is 1. The number of thioether (sulfide) groups is 1. The second-order valence-corrected chi connectivity index (χ2v) is 4.43. The fourth-order valence-electron chi connectivity index (χ4n) is 1.46. The third-order valence-electron chi connectivity index (χ3n) is 1.90. The molecule has 0 atom stereocenters. The van der Waals surface area contributed by atoms with Crippen molar-refractivity contribution in [3.63, 3.8) is 0 Å². The maximum absolute atomic E-state index is 10.9. The minimum absolute atomic E-state index is 0.106. The summed E-state index contributed by atoms with van der Waals surface area (Å²) >= 11 is 1.25. The maximum atomic E-state index is 10.9. The van der Waals surface area contributed by atoms with Crippen LogP contribution in [0.5, 0.6) is 5.75 Å². The van der Waals surface area contributed by atoms with Gasteiger partial charge >= 0.3 is 0 Å². The van der Waals surface area contributed by atoms with Gasteiger partial charge in [-0.15, -0.1) is 0 Å². The fourth-order valence-corrected chi connectivity index (χ4v) is 2.26. The highest BCUT2D eigenvalue weighted by Gasteiger charge is 2.06. The molecule has 3 heteroatoms. The SMILES string of the molecule is COc1c(C)cc(SC(C)=O)cc1C. The van der Waals surface area contributed by atoms with Crippen LogP contribution in [0, 0.1) is 13.8 Å². The number of carbonyl (C=O) groups excluding carboxylic acids is 1. The minimum atomic E-state index is 0.106. The first-order chi connectivity index (χ1) is 6.54. The van der Waals surface area contributed by atoms with E-state index in [0.717, 1.165) is 21.8 Å². The number of hydrogen-bond donors (Lipinski definition) is 0. The molecule has 2 nitrogen and oxygen atoms in total. The molecule has 0 spiro atoms. The Kier molecular flexibility index (Phi) is 3.58. The summed E-state index contributed by atoms with van der Waals surface area (Å²) in [6.07, 6.45) is 0. The zero-order valence-corrected chi connectivity index (χ0v) is 9.70. The second kappa shape index (κ2) is 4.51. The Hall–Kier alpha value is -0.960. The summed E-state index contributed by atoms with van der Waals surface area (Å²) in [5.41, 5.74) is 2.13. The lowest BCUT2D eigenvalue weighted by Gasteiger charge is -2.09. The molecule has 14 heavy (non-hydrogen) atoms. The van der Waals surface area contributed by atoms with Crippen LogP contribution in [0.25, 0.3) is 0 Å². The van der Waals surface area contributed by atoms with Gasteiger partial charge < -0.3 is 4.74 Å². The largest absolute Gasteiger partial charge is 0.496 e. The highest BCUT2D eigenvalue weighted by molar-refractivity contribution is 8.13. The van der Waals surface area contributed by atoms with E-state index in [9.17, 15) is 4.79 Å². The highest BCUT2D eigenvalue weighted by Crippen LogP contribution is 2.29. The zero-order valence-electron chi connectivity index (χ0n) is 8.88. The van der Waals surface area contributed by atoms with Crippen molar-refractivity contribution in [1.29, 1.82) is 0 Å². The lowest BCUT2D eigenvalue weighted by atomic mass is 10.1. The van der Waals surface area contributed by atoms with Gasteiger partial charge in [-0.25, -0.2) is 0 Å². The Morgan fingerprint density at radius 1 is 1.29 bits per heavy atom. The molecule has 0 saturated heterocycles. The molecule has 0 amide bonds. The topological polar surface area (TPSA) is 26.3 Å². The summed E-state index contributed by atoms with van der Waals surface area (Å²) in [5, 5.41) is 0.106. The van der Waals surface area contributed by atoms with Gasteiger partial charge in [0.2, 0.25) is 0 Å². The third-order valence-corrected chi connectivity index (χ3v) is 2.66. The van der Waals surface area contributed by atoms with Gasteiger partial charge in [-0.3, -0.25) is 4.79 Å². The number of aryl methyl sites for hydroxylation is 2. The average Bonchev–Trinajstić information content (AvgIpc) is 2.01. The maximum Gasteiger partial charge on any atom is 0.190 e. The number of methoxy groups -OCH3 is 1. The van der Waals surface area contributed by atoms with Gasteiger partial charge in [0.1, 0.15) is 5.75 Å². The molecule has 0 bridgehead atoms.